The highest BCUT2D eigenvalue weighted by molar-refractivity contribution is 5.97. The van der Waals surface area contributed by atoms with E-state index < -0.39 is 0 Å². The average Bonchev–Trinajstić information content (AvgIpc) is 3.56. The first-order chi connectivity index (χ1) is 13.6. The van der Waals surface area contributed by atoms with Crippen LogP contribution in [0.4, 0.5) is 11.4 Å². The normalized spacial score (nSPS) is 13.4. The highest BCUT2D eigenvalue weighted by atomic mass is 16.2. The second-order valence-electron chi connectivity index (χ2n) is 6.80. The molecule has 0 bridgehead atoms. The molecule has 146 valence electrons. The predicted octanol–water partition coefficient (Wildman–Crippen LogP) is 3.65. The van der Waals surface area contributed by atoms with Gasteiger partial charge in [0.25, 0.3) is 5.91 Å². The molecular formula is C22H26N4O2. The molecule has 0 atom stereocenters. The summed E-state index contributed by atoms with van der Waals surface area (Å²) in [6.07, 6.45) is 3.54. The second-order valence-corrected chi connectivity index (χ2v) is 6.80. The molecule has 2 amide bonds. The predicted molar refractivity (Wildman–Crippen MR) is 113 cm³/mol. The smallest absolute Gasteiger partial charge is 0.271 e. The zero-order valence-corrected chi connectivity index (χ0v) is 16.3. The van der Waals surface area contributed by atoms with Crippen LogP contribution in [0.1, 0.15) is 42.6 Å². The number of benzene rings is 2. The van der Waals surface area contributed by atoms with Gasteiger partial charge in [-0.15, -0.1) is 0 Å². The Kier molecular flexibility index (Phi) is 6.42. The Morgan fingerprint density at radius 2 is 1.68 bits per heavy atom. The van der Waals surface area contributed by atoms with Crippen molar-refractivity contribution in [3.05, 3.63) is 59.7 Å². The van der Waals surface area contributed by atoms with E-state index >= 15 is 0 Å². The van der Waals surface area contributed by atoms with Crippen molar-refractivity contribution < 1.29 is 9.59 Å². The lowest BCUT2D eigenvalue weighted by atomic mass is 10.2. The molecule has 1 aliphatic rings. The Hall–Kier alpha value is -3.15. The van der Waals surface area contributed by atoms with Crippen LogP contribution in [0.5, 0.6) is 0 Å². The van der Waals surface area contributed by atoms with Gasteiger partial charge < -0.3 is 10.2 Å². The summed E-state index contributed by atoms with van der Waals surface area (Å²) in [6, 6.07) is 14.8. The molecule has 0 aromatic heterocycles. The van der Waals surface area contributed by atoms with Crippen molar-refractivity contribution in [1.82, 2.24) is 5.43 Å². The van der Waals surface area contributed by atoms with Crippen molar-refractivity contribution in [2.45, 2.75) is 26.7 Å². The van der Waals surface area contributed by atoms with E-state index in [1.165, 1.54) is 5.69 Å². The molecule has 0 saturated heterocycles. The van der Waals surface area contributed by atoms with Gasteiger partial charge in [0, 0.05) is 35.9 Å². The summed E-state index contributed by atoms with van der Waals surface area (Å²) in [6.45, 7) is 6.18. The lowest BCUT2D eigenvalue weighted by Gasteiger charge is -2.20. The van der Waals surface area contributed by atoms with Gasteiger partial charge in [-0.1, -0.05) is 12.1 Å². The minimum atomic E-state index is -0.295. The number of hydrazone groups is 1. The summed E-state index contributed by atoms with van der Waals surface area (Å²) in [5.74, 6) is -0.0942. The fourth-order valence-electron chi connectivity index (χ4n) is 2.88. The van der Waals surface area contributed by atoms with Crippen molar-refractivity contribution in [2.75, 3.05) is 23.3 Å². The van der Waals surface area contributed by atoms with E-state index in [1.807, 2.05) is 24.3 Å². The highest BCUT2D eigenvalue weighted by Crippen LogP contribution is 2.30. The quantitative estimate of drug-likeness (QED) is 0.544. The Labute approximate surface area is 165 Å². The number of amides is 2. The Morgan fingerprint density at radius 1 is 1.04 bits per heavy atom. The van der Waals surface area contributed by atoms with Gasteiger partial charge >= 0.3 is 0 Å². The van der Waals surface area contributed by atoms with E-state index in [-0.39, 0.29) is 17.7 Å². The van der Waals surface area contributed by atoms with Gasteiger partial charge in [-0.05, 0) is 68.7 Å². The monoisotopic (exact) mass is 378 g/mol. The Bertz CT molecular complexity index is 836. The van der Waals surface area contributed by atoms with Crippen molar-refractivity contribution in [1.29, 1.82) is 0 Å². The third kappa shape index (κ3) is 5.19. The SMILES string of the molecule is CCN(CC)c1ccc(/C=N/NC(=O)c2ccc(NC(=O)C3CC3)cc2)cc1. The molecule has 1 aliphatic carbocycles. The first kappa shape index (κ1) is 19.6. The molecule has 0 unspecified atom stereocenters. The topological polar surface area (TPSA) is 73.8 Å². The lowest BCUT2D eigenvalue weighted by Crippen LogP contribution is -2.21. The number of anilines is 2. The largest absolute Gasteiger partial charge is 0.372 e. The Balaban J connectivity index is 1.52. The van der Waals surface area contributed by atoms with E-state index in [0.717, 1.165) is 31.5 Å². The third-order valence-electron chi connectivity index (χ3n) is 4.76. The van der Waals surface area contributed by atoms with E-state index in [4.69, 9.17) is 0 Å². The molecular weight excluding hydrogens is 352 g/mol. The number of carbonyl (C=O) groups is 2. The van der Waals surface area contributed by atoms with Crippen molar-refractivity contribution in [2.24, 2.45) is 11.0 Å². The van der Waals surface area contributed by atoms with Crippen LogP contribution in [-0.4, -0.2) is 31.1 Å². The van der Waals surface area contributed by atoms with Gasteiger partial charge in [0.1, 0.15) is 0 Å². The van der Waals surface area contributed by atoms with Gasteiger partial charge in [0.05, 0.1) is 6.21 Å². The number of hydrogen-bond donors (Lipinski definition) is 2. The summed E-state index contributed by atoms with van der Waals surface area (Å²) in [5.41, 5.74) is 5.79. The van der Waals surface area contributed by atoms with Gasteiger partial charge in [-0.2, -0.15) is 5.10 Å². The summed E-state index contributed by atoms with van der Waals surface area (Å²) >= 11 is 0. The molecule has 6 nitrogen and oxygen atoms in total. The van der Waals surface area contributed by atoms with Crippen molar-refractivity contribution in [3.63, 3.8) is 0 Å². The van der Waals surface area contributed by atoms with E-state index in [1.54, 1.807) is 30.5 Å². The maximum atomic E-state index is 12.2. The maximum Gasteiger partial charge on any atom is 0.271 e. The van der Waals surface area contributed by atoms with Crippen LogP contribution in [0.25, 0.3) is 0 Å². The molecule has 6 heteroatoms. The molecule has 0 aliphatic heterocycles. The summed E-state index contributed by atoms with van der Waals surface area (Å²) in [5, 5.41) is 6.88. The molecule has 0 heterocycles. The minimum Gasteiger partial charge on any atom is -0.372 e. The van der Waals surface area contributed by atoms with Crippen LogP contribution in [0.15, 0.2) is 53.6 Å². The fourth-order valence-corrected chi connectivity index (χ4v) is 2.88. The first-order valence-corrected chi connectivity index (χ1v) is 9.70. The molecule has 0 radical (unpaired) electrons. The molecule has 2 aromatic rings. The van der Waals surface area contributed by atoms with Crippen LogP contribution in [0.3, 0.4) is 0 Å². The molecule has 2 aromatic carbocycles. The zero-order chi connectivity index (χ0) is 19.9. The van der Waals surface area contributed by atoms with Crippen LogP contribution in [0, 0.1) is 5.92 Å². The molecule has 28 heavy (non-hydrogen) atoms. The lowest BCUT2D eigenvalue weighted by molar-refractivity contribution is -0.117. The van der Waals surface area contributed by atoms with Gasteiger partial charge in [-0.3, -0.25) is 9.59 Å². The minimum absolute atomic E-state index is 0.0498. The Morgan fingerprint density at radius 3 is 2.25 bits per heavy atom. The summed E-state index contributed by atoms with van der Waals surface area (Å²) < 4.78 is 0. The molecule has 2 N–H and O–H groups in total. The number of hydrogen-bond acceptors (Lipinski definition) is 4. The molecule has 1 saturated carbocycles. The molecule has 1 fully saturated rings. The van der Waals surface area contributed by atoms with E-state index in [0.29, 0.717) is 11.3 Å². The van der Waals surface area contributed by atoms with Crippen molar-refractivity contribution >= 4 is 29.4 Å². The van der Waals surface area contributed by atoms with Gasteiger partial charge in [0.2, 0.25) is 5.91 Å². The zero-order valence-electron chi connectivity index (χ0n) is 16.3. The average molecular weight is 378 g/mol. The highest BCUT2D eigenvalue weighted by Gasteiger charge is 2.29. The number of carbonyl (C=O) groups excluding carboxylic acids is 2. The van der Waals surface area contributed by atoms with Gasteiger partial charge in [-0.25, -0.2) is 5.43 Å². The standard InChI is InChI=1S/C22H26N4O2/c1-3-26(4-2)20-13-5-16(6-14-20)15-23-25-22(28)18-9-11-19(12-10-18)24-21(27)17-7-8-17/h5-6,9-15,17H,3-4,7-8H2,1-2H3,(H,24,27)(H,25,28)/b23-15+. The number of nitrogens with one attached hydrogen (secondary N) is 2. The molecule has 0 spiro atoms. The third-order valence-corrected chi connectivity index (χ3v) is 4.76. The van der Waals surface area contributed by atoms with E-state index in [2.05, 4.69) is 34.6 Å². The van der Waals surface area contributed by atoms with Crippen LogP contribution in [0.2, 0.25) is 0 Å². The second kappa shape index (κ2) is 9.17. The first-order valence-electron chi connectivity index (χ1n) is 9.70. The summed E-state index contributed by atoms with van der Waals surface area (Å²) in [7, 11) is 0. The number of rotatable bonds is 8. The van der Waals surface area contributed by atoms with E-state index in [9.17, 15) is 9.59 Å². The summed E-state index contributed by atoms with van der Waals surface area (Å²) in [4.78, 5) is 26.2. The number of nitrogens with zero attached hydrogens (tertiary/aromatic N) is 2. The van der Waals surface area contributed by atoms with Crippen LogP contribution in [-0.2, 0) is 4.79 Å². The van der Waals surface area contributed by atoms with Gasteiger partial charge in [0.15, 0.2) is 0 Å². The molecule has 3 rings (SSSR count). The van der Waals surface area contributed by atoms with Crippen molar-refractivity contribution in [3.8, 4) is 0 Å². The van der Waals surface area contributed by atoms with Crippen LogP contribution >= 0.6 is 0 Å². The fraction of sp³-hybridized carbons (Fsp3) is 0.318. The maximum absolute atomic E-state index is 12.2. The van der Waals surface area contributed by atoms with Crippen LogP contribution < -0.4 is 15.6 Å².